The van der Waals surface area contributed by atoms with E-state index in [4.69, 9.17) is 16.3 Å². The highest BCUT2D eigenvalue weighted by atomic mass is 35.5. The number of amides is 2. The highest BCUT2D eigenvalue weighted by Gasteiger charge is 2.26. The van der Waals surface area contributed by atoms with Gasteiger partial charge in [0.1, 0.15) is 23.4 Å². The molecule has 3 rings (SSSR count). The number of hydrogen-bond acceptors (Lipinski definition) is 5. The Morgan fingerprint density at radius 1 is 1.16 bits per heavy atom. The summed E-state index contributed by atoms with van der Waals surface area (Å²) in [5, 5.41) is 6.15. The van der Waals surface area contributed by atoms with Crippen molar-refractivity contribution in [3.05, 3.63) is 75.7 Å². The Labute approximate surface area is 197 Å². The first-order chi connectivity index (χ1) is 15.5. The van der Waals surface area contributed by atoms with Crippen molar-refractivity contribution in [2.24, 2.45) is 0 Å². The van der Waals surface area contributed by atoms with Gasteiger partial charge in [0, 0.05) is 22.6 Å². The molecule has 0 unspecified atom stereocenters. The second-order valence-corrected chi connectivity index (χ2v) is 8.65. The lowest BCUT2D eigenvalue weighted by atomic mass is 10.2. The molecule has 0 spiro atoms. The molecule has 0 aliphatic rings. The Hall–Kier alpha value is -2.90. The molecular weight excluding hydrogens is 446 g/mol. The van der Waals surface area contributed by atoms with Gasteiger partial charge in [0.05, 0.1) is 12.1 Å². The predicted molar refractivity (Wildman–Crippen MR) is 128 cm³/mol. The van der Waals surface area contributed by atoms with E-state index in [1.165, 1.54) is 11.3 Å². The molecule has 0 radical (unpaired) electrons. The zero-order chi connectivity index (χ0) is 22.9. The molecule has 0 fully saturated rings. The van der Waals surface area contributed by atoms with Crippen LogP contribution < -0.4 is 10.1 Å². The lowest BCUT2D eigenvalue weighted by Crippen LogP contribution is -2.46. The van der Waals surface area contributed by atoms with Crippen LogP contribution in [-0.2, 0) is 22.6 Å². The Morgan fingerprint density at radius 2 is 1.88 bits per heavy atom. The van der Waals surface area contributed by atoms with Gasteiger partial charge < -0.3 is 15.0 Å². The van der Waals surface area contributed by atoms with E-state index < -0.39 is 6.04 Å². The first kappa shape index (κ1) is 23.8. The van der Waals surface area contributed by atoms with Gasteiger partial charge >= 0.3 is 0 Å². The van der Waals surface area contributed by atoms with E-state index in [0.717, 1.165) is 11.4 Å². The van der Waals surface area contributed by atoms with Gasteiger partial charge in [-0.1, -0.05) is 36.7 Å². The van der Waals surface area contributed by atoms with Crippen molar-refractivity contribution in [2.75, 3.05) is 11.9 Å². The summed E-state index contributed by atoms with van der Waals surface area (Å²) in [5.41, 5.74) is 1.38. The minimum Gasteiger partial charge on any atom is -0.486 e. The van der Waals surface area contributed by atoms with E-state index in [9.17, 15) is 9.59 Å². The number of benzene rings is 2. The molecule has 32 heavy (non-hydrogen) atoms. The highest BCUT2D eigenvalue weighted by Crippen LogP contribution is 2.19. The Bertz CT molecular complexity index is 1020. The minimum absolute atomic E-state index is 0.127. The van der Waals surface area contributed by atoms with E-state index in [1.807, 2.05) is 42.6 Å². The number of rotatable bonds is 10. The molecule has 2 amide bonds. The number of carbonyl (C=O) groups is 2. The molecule has 3 aromatic rings. The normalized spacial score (nSPS) is 11.6. The number of ether oxygens (including phenoxy) is 1. The summed E-state index contributed by atoms with van der Waals surface area (Å²) in [6, 6.07) is 15.8. The second-order valence-electron chi connectivity index (χ2n) is 7.27. The summed E-state index contributed by atoms with van der Waals surface area (Å²) < 4.78 is 5.72. The molecule has 1 atom stereocenters. The van der Waals surface area contributed by atoms with Gasteiger partial charge in [0.15, 0.2) is 0 Å². The lowest BCUT2D eigenvalue weighted by molar-refractivity contribution is -0.137. The average Bonchev–Trinajstić information content (AvgIpc) is 3.24. The molecule has 8 heteroatoms. The number of aromatic nitrogens is 1. The Morgan fingerprint density at radius 3 is 2.56 bits per heavy atom. The molecule has 0 saturated carbocycles. The quantitative estimate of drug-likeness (QED) is 0.442. The maximum atomic E-state index is 13.0. The molecule has 0 bridgehead atoms. The highest BCUT2D eigenvalue weighted by molar-refractivity contribution is 7.09. The van der Waals surface area contributed by atoms with Crippen LogP contribution in [0.4, 0.5) is 5.69 Å². The number of nitrogens with zero attached hydrogens (tertiary/aromatic N) is 2. The average molecular weight is 472 g/mol. The lowest BCUT2D eigenvalue weighted by Gasteiger charge is -2.28. The van der Waals surface area contributed by atoms with Crippen LogP contribution in [0.3, 0.4) is 0 Å². The van der Waals surface area contributed by atoms with Gasteiger partial charge in [0.2, 0.25) is 11.8 Å². The summed E-state index contributed by atoms with van der Waals surface area (Å²) in [6.07, 6.45) is 0.895. The SMILES string of the molecule is CCCN(C(=O)Cc1csc(COc2ccc(Cl)cc2)n1)[C@@H](C)C(=O)Nc1ccccc1. The molecule has 6 nitrogen and oxygen atoms in total. The summed E-state index contributed by atoms with van der Waals surface area (Å²) in [6.45, 7) is 4.54. The Balaban J connectivity index is 1.58. The zero-order valence-electron chi connectivity index (χ0n) is 18.1. The zero-order valence-corrected chi connectivity index (χ0v) is 19.7. The fourth-order valence-corrected chi connectivity index (χ4v) is 3.94. The van der Waals surface area contributed by atoms with Crippen LogP contribution >= 0.6 is 22.9 Å². The number of anilines is 1. The van der Waals surface area contributed by atoms with Gasteiger partial charge in [-0.2, -0.15) is 0 Å². The van der Waals surface area contributed by atoms with E-state index in [2.05, 4.69) is 10.3 Å². The van der Waals surface area contributed by atoms with Crippen LogP contribution in [0.15, 0.2) is 60.0 Å². The van der Waals surface area contributed by atoms with Gasteiger partial charge in [-0.25, -0.2) is 4.98 Å². The third-order valence-electron chi connectivity index (χ3n) is 4.78. The summed E-state index contributed by atoms with van der Waals surface area (Å²) in [4.78, 5) is 31.8. The van der Waals surface area contributed by atoms with Crippen LogP contribution in [0.25, 0.3) is 0 Å². The predicted octanol–water partition coefficient (Wildman–Crippen LogP) is 5.18. The fourth-order valence-electron chi connectivity index (χ4n) is 3.11. The topological polar surface area (TPSA) is 71.5 Å². The van der Waals surface area contributed by atoms with Gasteiger partial charge in [-0.3, -0.25) is 9.59 Å². The van der Waals surface area contributed by atoms with Crippen molar-refractivity contribution in [2.45, 2.75) is 39.3 Å². The molecule has 1 N–H and O–H groups in total. The first-order valence-corrected chi connectivity index (χ1v) is 11.7. The van der Waals surface area contributed by atoms with E-state index in [1.54, 1.807) is 36.1 Å². The maximum absolute atomic E-state index is 13.0. The van der Waals surface area contributed by atoms with Crippen molar-refractivity contribution < 1.29 is 14.3 Å². The minimum atomic E-state index is -0.589. The smallest absolute Gasteiger partial charge is 0.246 e. The van der Waals surface area contributed by atoms with Crippen LogP contribution in [0.5, 0.6) is 5.75 Å². The van der Waals surface area contributed by atoms with E-state index in [0.29, 0.717) is 35.3 Å². The summed E-state index contributed by atoms with van der Waals surface area (Å²) in [5.74, 6) is 0.362. The number of nitrogens with one attached hydrogen (secondary N) is 1. The molecule has 1 heterocycles. The molecule has 2 aromatic carbocycles. The van der Waals surface area contributed by atoms with Crippen molar-refractivity contribution >= 4 is 40.4 Å². The van der Waals surface area contributed by atoms with Crippen LogP contribution in [-0.4, -0.2) is 34.3 Å². The third-order valence-corrected chi connectivity index (χ3v) is 5.90. The monoisotopic (exact) mass is 471 g/mol. The first-order valence-electron chi connectivity index (χ1n) is 10.4. The fraction of sp³-hybridized carbons (Fsp3) is 0.292. The molecule has 168 valence electrons. The van der Waals surface area contributed by atoms with Crippen molar-refractivity contribution in [1.29, 1.82) is 0 Å². The summed E-state index contributed by atoms with van der Waals surface area (Å²) >= 11 is 7.33. The standard InChI is InChI=1S/C24H26ClN3O3S/c1-3-13-28(17(2)24(30)27-19-7-5-4-6-8-19)23(29)14-20-16-32-22(26-20)15-31-21-11-9-18(25)10-12-21/h4-12,16-17H,3,13-15H2,1-2H3,(H,27,30)/t17-/m0/s1. The third kappa shape index (κ3) is 6.80. The second kappa shape index (κ2) is 11.6. The molecule has 0 aliphatic heterocycles. The Kier molecular flexibility index (Phi) is 8.64. The van der Waals surface area contributed by atoms with Gasteiger partial charge in [0.25, 0.3) is 0 Å². The van der Waals surface area contributed by atoms with Crippen molar-refractivity contribution in [3.8, 4) is 5.75 Å². The molecular formula is C24H26ClN3O3S. The summed E-state index contributed by atoms with van der Waals surface area (Å²) in [7, 11) is 0. The number of halogens is 1. The van der Waals surface area contributed by atoms with E-state index in [-0.39, 0.29) is 18.2 Å². The van der Waals surface area contributed by atoms with Gasteiger partial charge in [-0.05, 0) is 49.7 Å². The number of hydrogen-bond donors (Lipinski definition) is 1. The van der Waals surface area contributed by atoms with Gasteiger partial charge in [-0.15, -0.1) is 11.3 Å². The maximum Gasteiger partial charge on any atom is 0.246 e. The molecule has 0 saturated heterocycles. The van der Waals surface area contributed by atoms with Crippen LogP contribution in [0.1, 0.15) is 31.0 Å². The van der Waals surface area contributed by atoms with E-state index >= 15 is 0 Å². The van der Waals surface area contributed by atoms with Crippen molar-refractivity contribution in [3.63, 3.8) is 0 Å². The number of carbonyl (C=O) groups excluding carboxylic acids is 2. The van der Waals surface area contributed by atoms with Crippen molar-refractivity contribution in [1.82, 2.24) is 9.88 Å². The van der Waals surface area contributed by atoms with Crippen LogP contribution in [0.2, 0.25) is 5.02 Å². The van der Waals surface area contributed by atoms with Crippen LogP contribution in [0, 0.1) is 0 Å². The number of thiazole rings is 1. The molecule has 0 aliphatic carbocycles. The molecule has 1 aromatic heterocycles. The number of para-hydroxylation sites is 1. The largest absolute Gasteiger partial charge is 0.486 e.